The molecule has 0 unspecified atom stereocenters. The largest absolute Gasteiger partial charge is 0.0622 e. The minimum absolute atomic E-state index is 1.17. The van der Waals surface area contributed by atoms with Crippen molar-refractivity contribution >= 4 is 0 Å². The summed E-state index contributed by atoms with van der Waals surface area (Å²) in [4.78, 5) is 0. The van der Waals surface area contributed by atoms with E-state index >= 15 is 0 Å². The lowest BCUT2D eigenvalue weighted by atomic mass is 9.77. The molecule has 12 aromatic rings. The maximum absolute atomic E-state index is 2.47. The summed E-state index contributed by atoms with van der Waals surface area (Å²) in [7, 11) is 0. The van der Waals surface area contributed by atoms with Crippen molar-refractivity contribution in [3.8, 4) is 145 Å². The van der Waals surface area contributed by atoms with Gasteiger partial charge in [0, 0.05) is 0 Å². The highest BCUT2D eigenvalue weighted by molar-refractivity contribution is 6.09. The van der Waals surface area contributed by atoms with E-state index < -0.39 is 0 Å². The molecule has 2 aliphatic rings. The molecule has 0 aromatic heterocycles. The Morgan fingerprint density at radius 1 is 0.111 bits per heavy atom. The molecule has 0 amide bonds. The van der Waals surface area contributed by atoms with Crippen LogP contribution in [-0.4, -0.2) is 0 Å². The first kappa shape index (κ1) is 41.6. The molecule has 0 fully saturated rings. The monoisotopic (exact) mass is 910 g/mol. The lowest BCUT2D eigenvalue weighted by Gasteiger charge is -2.26. The van der Waals surface area contributed by atoms with Gasteiger partial charge in [-0.05, 0) is 157 Å². The van der Waals surface area contributed by atoms with Crippen LogP contribution in [0.25, 0.3) is 145 Å². The molecule has 0 bridgehead atoms. The molecule has 0 spiro atoms. The first-order valence-electron chi connectivity index (χ1n) is 25.0. The van der Waals surface area contributed by atoms with E-state index in [1.165, 1.54) is 145 Å². The van der Waals surface area contributed by atoms with Crippen LogP contribution in [0.1, 0.15) is 0 Å². The fourth-order valence-corrected chi connectivity index (χ4v) is 11.9. The highest BCUT2D eigenvalue weighted by Crippen LogP contribution is 2.54. The summed E-state index contributed by atoms with van der Waals surface area (Å²) >= 11 is 0. The Morgan fingerprint density at radius 3 is 0.569 bits per heavy atom. The first-order valence-corrected chi connectivity index (χ1v) is 25.0. The third-order valence-corrected chi connectivity index (χ3v) is 15.1. The molecule has 0 heterocycles. The molecule has 0 heteroatoms. The lowest BCUT2D eigenvalue weighted by molar-refractivity contribution is 1.50. The topological polar surface area (TPSA) is 0 Å². The molecule has 0 nitrogen and oxygen atoms in total. The van der Waals surface area contributed by atoms with Gasteiger partial charge in [-0.15, -0.1) is 0 Å². The number of fused-ring (bicyclic) bond motifs is 16. The summed E-state index contributed by atoms with van der Waals surface area (Å²) in [5, 5.41) is 0. The van der Waals surface area contributed by atoms with Gasteiger partial charge in [-0.2, -0.15) is 0 Å². The average molecular weight is 911 g/mol. The lowest BCUT2D eigenvalue weighted by Crippen LogP contribution is -1.99. The predicted octanol–water partition coefficient (Wildman–Crippen LogP) is 20.0. The Kier molecular flexibility index (Phi) is 9.96. The van der Waals surface area contributed by atoms with Crippen molar-refractivity contribution in [2.24, 2.45) is 0 Å². The second kappa shape index (κ2) is 17.2. The van der Waals surface area contributed by atoms with Crippen LogP contribution in [0.2, 0.25) is 0 Å². The Morgan fingerprint density at radius 2 is 0.306 bits per heavy atom. The fourth-order valence-electron chi connectivity index (χ4n) is 11.9. The Hall–Kier alpha value is -9.36. The van der Waals surface area contributed by atoms with Crippen LogP contribution >= 0.6 is 0 Å². The summed E-state index contributed by atoms with van der Waals surface area (Å²) in [5.41, 5.74) is 31.6. The van der Waals surface area contributed by atoms with Gasteiger partial charge in [-0.25, -0.2) is 0 Å². The van der Waals surface area contributed by atoms with Gasteiger partial charge in [0.1, 0.15) is 0 Å². The second-order valence-electron chi connectivity index (χ2n) is 19.0. The van der Waals surface area contributed by atoms with E-state index in [1.54, 1.807) is 0 Å². The molecular weight excluding hydrogens is 865 g/mol. The van der Waals surface area contributed by atoms with E-state index in [1.807, 2.05) is 0 Å². The number of hydrogen-bond acceptors (Lipinski definition) is 0. The van der Waals surface area contributed by atoms with E-state index in [0.717, 1.165) is 0 Å². The van der Waals surface area contributed by atoms with Crippen molar-refractivity contribution in [2.75, 3.05) is 0 Å². The van der Waals surface area contributed by atoms with Gasteiger partial charge in [0.25, 0.3) is 0 Å². The van der Waals surface area contributed by atoms with Crippen LogP contribution in [0.4, 0.5) is 0 Å². The van der Waals surface area contributed by atoms with Crippen LogP contribution in [0.3, 0.4) is 0 Å². The van der Waals surface area contributed by atoms with Gasteiger partial charge in [0.05, 0.1) is 0 Å². The molecular formula is C72H46. The van der Waals surface area contributed by atoms with Crippen molar-refractivity contribution < 1.29 is 0 Å². The Balaban J connectivity index is 1.06. The van der Waals surface area contributed by atoms with Crippen molar-refractivity contribution in [1.29, 1.82) is 0 Å². The van der Waals surface area contributed by atoms with Crippen molar-refractivity contribution in [2.45, 2.75) is 0 Å². The summed E-state index contributed by atoms with van der Waals surface area (Å²) in [6.45, 7) is 0. The van der Waals surface area contributed by atoms with E-state index in [4.69, 9.17) is 0 Å². The van der Waals surface area contributed by atoms with Gasteiger partial charge < -0.3 is 0 Å². The van der Waals surface area contributed by atoms with E-state index in [2.05, 4.69) is 279 Å². The number of benzene rings is 12. The van der Waals surface area contributed by atoms with Gasteiger partial charge in [-0.1, -0.05) is 267 Å². The van der Waals surface area contributed by atoms with Gasteiger partial charge in [0.15, 0.2) is 0 Å². The first-order chi connectivity index (χ1) is 35.8. The molecule has 0 atom stereocenters. The van der Waals surface area contributed by atoms with Crippen molar-refractivity contribution in [1.82, 2.24) is 0 Å². The highest BCUT2D eigenvalue weighted by atomic mass is 14.3. The molecule has 14 rings (SSSR count). The van der Waals surface area contributed by atoms with Crippen LogP contribution in [-0.2, 0) is 0 Å². The summed E-state index contributed by atoms with van der Waals surface area (Å²) in [6, 6.07) is 104. The molecule has 334 valence electrons. The molecule has 0 saturated carbocycles. The molecule has 0 aliphatic heterocycles. The normalized spacial score (nSPS) is 11.6. The number of rotatable bonds is 5. The van der Waals surface area contributed by atoms with Gasteiger partial charge >= 0.3 is 0 Å². The molecule has 0 saturated heterocycles. The third kappa shape index (κ3) is 6.76. The van der Waals surface area contributed by atoms with E-state index in [0.29, 0.717) is 0 Å². The van der Waals surface area contributed by atoms with E-state index in [9.17, 15) is 0 Å². The number of hydrogen-bond donors (Lipinski definition) is 0. The summed E-state index contributed by atoms with van der Waals surface area (Å²) in [6.07, 6.45) is 0. The maximum Gasteiger partial charge on any atom is -0.00143 e. The summed E-state index contributed by atoms with van der Waals surface area (Å²) < 4.78 is 0. The minimum atomic E-state index is 1.17. The van der Waals surface area contributed by atoms with E-state index in [-0.39, 0.29) is 0 Å². The Labute approximate surface area is 421 Å². The van der Waals surface area contributed by atoms with Gasteiger partial charge in [0.2, 0.25) is 0 Å². The average Bonchev–Trinajstić information content (AvgIpc) is 3.46. The standard InChI is InChI=1S/C72H46/c1-3-21-47(22-4-1)51-37-19-39-53(49-41-43-67-63-33-13-11-29-59(63)55-25-7-9-27-57(55)61-31-15-17-35-65(61)69(67)45-49)71(51)72-52(48-23-5-2-6-24-48)38-20-40-54(72)50-42-44-68-64-34-14-12-30-60(64)56-26-8-10-28-58(56)62-32-16-18-36-66(62)70(68)46-50/h1-46H. The fraction of sp³-hybridized carbons (Fsp3) is 0. The SMILES string of the molecule is c1ccc(-c2cccc(-c3ccc4c(c3)-c3ccccc3-c3ccccc3-c3ccccc3-4)c2-c2c(-c3ccccc3)cccc2-c2ccc3c(c2)-c2ccccc2-c2ccccc2-c2ccccc2-3)cc1. The summed E-state index contributed by atoms with van der Waals surface area (Å²) in [5.74, 6) is 0. The van der Waals surface area contributed by atoms with Crippen LogP contribution < -0.4 is 0 Å². The molecule has 2 aliphatic carbocycles. The Bertz CT molecular complexity index is 3800. The molecule has 0 radical (unpaired) electrons. The molecule has 72 heavy (non-hydrogen) atoms. The van der Waals surface area contributed by atoms with Crippen molar-refractivity contribution in [3.63, 3.8) is 0 Å². The molecule has 0 N–H and O–H groups in total. The van der Waals surface area contributed by atoms with Crippen molar-refractivity contribution in [3.05, 3.63) is 279 Å². The second-order valence-corrected chi connectivity index (χ2v) is 19.0. The van der Waals surface area contributed by atoms with Crippen LogP contribution in [0, 0.1) is 0 Å². The molecule has 12 aromatic carbocycles. The zero-order chi connectivity index (χ0) is 47.5. The highest BCUT2D eigenvalue weighted by Gasteiger charge is 2.27. The van der Waals surface area contributed by atoms with Crippen LogP contribution in [0.5, 0.6) is 0 Å². The third-order valence-electron chi connectivity index (χ3n) is 15.1. The quantitative estimate of drug-likeness (QED) is 0.161. The maximum atomic E-state index is 2.47. The van der Waals surface area contributed by atoms with Gasteiger partial charge in [-0.3, -0.25) is 0 Å². The van der Waals surface area contributed by atoms with Crippen LogP contribution in [0.15, 0.2) is 279 Å². The zero-order valence-electron chi connectivity index (χ0n) is 39.6. The smallest absolute Gasteiger partial charge is 0.00143 e. The minimum Gasteiger partial charge on any atom is -0.0622 e. The zero-order valence-corrected chi connectivity index (χ0v) is 39.6. The predicted molar refractivity (Wildman–Crippen MR) is 304 cm³/mol.